The lowest BCUT2D eigenvalue weighted by Gasteiger charge is -2.36. The zero-order valence-electron chi connectivity index (χ0n) is 29.2. The first kappa shape index (κ1) is 36.8. The summed E-state index contributed by atoms with van der Waals surface area (Å²) in [5.74, 6) is -6.02. The summed E-state index contributed by atoms with van der Waals surface area (Å²) in [6.07, 6.45) is -8.66. The molecule has 1 amide bonds. The number of carbonyl (C=O) groups excluding carboxylic acids is 2. The van der Waals surface area contributed by atoms with Gasteiger partial charge in [-0.1, -0.05) is 48.0 Å². The van der Waals surface area contributed by atoms with Crippen molar-refractivity contribution in [1.29, 1.82) is 0 Å². The minimum atomic E-state index is -3.97. The maximum Gasteiger partial charge on any atom is 0.339 e. The van der Waals surface area contributed by atoms with Gasteiger partial charge in [0.2, 0.25) is 6.10 Å². The first-order valence-electron chi connectivity index (χ1n) is 16.5. The van der Waals surface area contributed by atoms with Crippen LogP contribution in [0.2, 0.25) is 0 Å². The average Bonchev–Trinajstić information content (AvgIpc) is 3.65. The Kier molecular flexibility index (Phi) is 10.2. The molecule has 8 atom stereocenters. The van der Waals surface area contributed by atoms with Gasteiger partial charge in [0, 0.05) is 0 Å². The van der Waals surface area contributed by atoms with Gasteiger partial charge < -0.3 is 47.9 Å². The third kappa shape index (κ3) is 8.22. The van der Waals surface area contributed by atoms with Crippen molar-refractivity contribution >= 4 is 21.7 Å². The summed E-state index contributed by atoms with van der Waals surface area (Å²) < 4.78 is 80.7. The summed E-state index contributed by atoms with van der Waals surface area (Å²) in [4.78, 5) is 28.1. The van der Waals surface area contributed by atoms with Gasteiger partial charge in [-0.25, -0.2) is 13.2 Å². The van der Waals surface area contributed by atoms with E-state index in [1.165, 1.54) is 12.1 Å². The van der Waals surface area contributed by atoms with Crippen molar-refractivity contribution < 1.29 is 60.6 Å². The molecule has 15 heteroatoms. The van der Waals surface area contributed by atoms with Crippen molar-refractivity contribution in [3.8, 4) is 0 Å². The highest BCUT2D eigenvalue weighted by atomic mass is 32.2. The van der Waals surface area contributed by atoms with E-state index in [1.807, 2.05) is 37.3 Å². The number of aryl methyl sites for hydroxylation is 1. The number of ether oxygens (including phenoxy) is 9. The lowest BCUT2D eigenvalue weighted by Crippen LogP contribution is -2.59. The second kappa shape index (κ2) is 13.9. The summed E-state index contributed by atoms with van der Waals surface area (Å²) in [7, 11) is -3.97. The van der Waals surface area contributed by atoms with Gasteiger partial charge in [0.15, 0.2) is 39.6 Å². The second-order valence-electron chi connectivity index (χ2n) is 14.2. The van der Waals surface area contributed by atoms with Crippen LogP contribution in [0.5, 0.6) is 0 Å². The largest absolute Gasteiger partial charge is 0.447 e. The van der Waals surface area contributed by atoms with Crippen molar-refractivity contribution in [2.75, 3.05) is 12.5 Å². The maximum atomic E-state index is 14.1. The zero-order valence-corrected chi connectivity index (χ0v) is 30.0. The first-order valence-corrected chi connectivity index (χ1v) is 18.2. The van der Waals surface area contributed by atoms with Crippen molar-refractivity contribution in [3.63, 3.8) is 0 Å². The number of amides is 1. The number of hydrogen-bond donors (Lipinski definition) is 1. The molecule has 4 aliphatic heterocycles. The molecule has 0 saturated carbocycles. The molecule has 2 aromatic rings. The molecule has 4 saturated heterocycles. The smallest absolute Gasteiger partial charge is 0.339 e. The fraction of sp³-hybridized carbons (Fsp3) is 0.600. The molecule has 14 nitrogen and oxygen atoms in total. The average molecular weight is 720 g/mol. The van der Waals surface area contributed by atoms with E-state index in [-0.39, 0.29) is 18.1 Å². The molecule has 274 valence electrons. The van der Waals surface area contributed by atoms with Gasteiger partial charge in [0.25, 0.3) is 5.91 Å². The van der Waals surface area contributed by atoms with E-state index in [0.29, 0.717) is 0 Å². The minimum Gasteiger partial charge on any atom is -0.447 e. The number of sulfone groups is 1. The molecule has 0 aliphatic carbocycles. The van der Waals surface area contributed by atoms with Crippen LogP contribution in [0.4, 0.5) is 0 Å². The fourth-order valence-electron chi connectivity index (χ4n) is 6.48. The van der Waals surface area contributed by atoms with Crippen molar-refractivity contribution in [2.24, 2.45) is 0 Å². The summed E-state index contributed by atoms with van der Waals surface area (Å²) in [6.45, 7) is 12.1. The fourth-order valence-corrected chi connectivity index (χ4v) is 7.53. The Morgan fingerprint density at radius 1 is 0.800 bits per heavy atom. The summed E-state index contributed by atoms with van der Waals surface area (Å²) in [5, 5.41) is 2.44. The number of carbonyl (C=O) groups is 2. The van der Waals surface area contributed by atoms with E-state index in [1.54, 1.807) is 53.7 Å². The SMILES string of the molecule is Cc1ccc(S(=O)(=O)CNC(=O)C(OC(=O)[C@H]2O[C@@H]3OC(C)(C)O[C@@H]3[C@H]3OC(C)(C)O[C@H]32)[C@@H]2OC(C)(C)O[C@H]2COCc2ccccc2)cc1. The van der Waals surface area contributed by atoms with Crippen LogP contribution in [0.3, 0.4) is 0 Å². The number of fused-ring (bicyclic) bond motifs is 3. The molecule has 0 spiro atoms. The Hall–Kier alpha value is -2.99. The molecule has 2 aromatic carbocycles. The number of esters is 1. The predicted octanol–water partition coefficient (Wildman–Crippen LogP) is 2.89. The van der Waals surface area contributed by atoms with Crippen LogP contribution in [0.15, 0.2) is 59.5 Å². The van der Waals surface area contributed by atoms with E-state index in [2.05, 4.69) is 5.32 Å². The predicted molar refractivity (Wildman–Crippen MR) is 174 cm³/mol. The van der Waals surface area contributed by atoms with Gasteiger partial charge in [-0.3, -0.25) is 4.79 Å². The molecular formula is C35H45NO13S. The molecule has 0 aromatic heterocycles. The van der Waals surface area contributed by atoms with Gasteiger partial charge in [-0.2, -0.15) is 0 Å². The summed E-state index contributed by atoms with van der Waals surface area (Å²) in [6, 6.07) is 15.7. The molecule has 1 unspecified atom stereocenters. The van der Waals surface area contributed by atoms with Crippen LogP contribution in [0.25, 0.3) is 0 Å². The molecule has 4 aliphatic rings. The number of rotatable bonds is 11. The van der Waals surface area contributed by atoms with Crippen molar-refractivity contribution in [3.05, 3.63) is 65.7 Å². The van der Waals surface area contributed by atoms with Crippen LogP contribution in [0, 0.1) is 6.92 Å². The van der Waals surface area contributed by atoms with Gasteiger partial charge >= 0.3 is 5.97 Å². The van der Waals surface area contributed by atoms with Crippen molar-refractivity contribution in [1.82, 2.24) is 5.32 Å². The van der Waals surface area contributed by atoms with E-state index in [9.17, 15) is 18.0 Å². The summed E-state index contributed by atoms with van der Waals surface area (Å²) >= 11 is 0. The molecular weight excluding hydrogens is 674 g/mol. The number of benzene rings is 2. The molecule has 6 rings (SSSR count). The lowest BCUT2D eigenvalue weighted by molar-refractivity contribution is -0.243. The van der Waals surface area contributed by atoms with Crippen LogP contribution in [-0.4, -0.2) is 99.2 Å². The molecule has 4 heterocycles. The number of hydrogen-bond acceptors (Lipinski definition) is 13. The molecule has 4 fully saturated rings. The Balaban J connectivity index is 1.25. The van der Waals surface area contributed by atoms with Gasteiger partial charge in [0.05, 0.1) is 18.1 Å². The second-order valence-corrected chi connectivity index (χ2v) is 16.2. The Morgan fingerprint density at radius 2 is 1.42 bits per heavy atom. The molecule has 50 heavy (non-hydrogen) atoms. The highest BCUT2D eigenvalue weighted by Gasteiger charge is 2.63. The van der Waals surface area contributed by atoms with Crippen LogP contribution >= 0.6 is 0 Å². The standard InChI is InChI=1S/C35H45NO13S/c1-20-13-15-22(16-14-20)50(39,40)19-36-30(37)27(24-23(44-33(2,3)45-24)18-41-17-21-11-9-8-10-12-21)42-31(38)28-25-26(47-34(4,5)46-25)29-32(43-28)49-35(6,7)48-29/h8-16,23-29,32H,17-19H2,1-7H3,(H,36,37)/t23-,24+,25+,26-,27?,28-,29+,32+/m0/s1. The van der Waals surface area contributed by atoms with Crippen molar-refractivity contribution in [2.45, 2.75) is 126 Å². The third-order valence-electron chi connectivity index (χ3n) is 8.62. The van der Waals surface area contributed by atoms with Crippen LogP contribution in [-0.2, 0) is 68.7 Å². The highest BCUT2D eigenvalue weighted by Crippen LogP contribution is 2.44. The quantitative estimate of drug-likeness (QED) is 0.338. The Labute approximate surface area is 291 Å². The van der Waals surface area contributed by atoms with E-state index < -0.39 is 94.0 Å². The van der Waals surface area contributed by atoms with E-state index in [0.717, 1.165) is 11.1 Å². The summed E-state index contributed by atoms with van der Waals surface area (Å²) in [5.41, 5.74) is 1.78. The van der Waals surface area contributed by atoms with Gasteiger partial charge in [-0.05, 0) is 66.2 Å². The maximum absolute atomic E-state index is 14.1. The first-order chi connectivity index (χ1) is 23.4. The van der Waals surface area contributed by atoms with Gasteiger partial charge in [0.1, 0.15) is 36.4 Å². The topological polar surface area (TPSA) is 163 Å². The molecule has 1 N–H and O–H groups in total. The molecule has 0 radical (unpaired) electrons. The monoisotopic (exact) mass is 719 g/mol. The van der Waals surface area contributed by atoms with Crippen LogP contribution in [0.1, 0.15) is 52.7 Å². The highest BCUT2D eigenvalue weighted by molar-refractivity contribution is 7.91. The normalized spacial score (nSPS) is 31.4. The van der Waals surface area contributed by atoms with Gasteiger partial charge in [-0.15, -0.1) is 0 Å². The minimum absolute atomic E-state index is 0.0182. The van der Waals surface area contributed by atoms with E-state index in [4.69, 9.17) is 42.6 Å². The molecule has 0 bridgehead atoms. The Morgan fingerprint density at radius 3 is 2.12 bits per heavy atom. The number of nitrogens with one attached hydrogen (secondary N) is 1. The Bertz CT molecular complexity index is 1650. The van der Waals surface area contributed by atoms with Crippen LogP contribution < -0.4 is 5.32 Å². The third-order valence-corrected chi connectivity index (χ3v) is 10.1. The van der Waals surface area contributed by atoms with E-state index >= 15 is 0 Å². The zero-order chi connectivity index (χ0) is 36.1. The lowest BCUT2D eigenvalue weighted by atomic mass is 9.99.